The molecule has 0 saturated heterocycles. The molecule has 6 rings (SSSR count). The van der Waals surface area contributed by atoms with Crippen LogP contribution in [0.15, 0.2) is 42.5 Å². The van der Waals surface area contributed by atoms with Crippen molar-refractivity contribution in [1.82, 2.24) is 0 Å². The fourth-order valence-corrected chi connectivity index (χ4v) is 5.07. The van der Waals surface area contributed by atoms with Gasteiger partial charge in [-0.1, -0.05) is 12.1 Å². The minimum Gasteiger partial charge on any atom is -0.521 e. The molecule has 0 N–H and O–H groups in total. The van der Waals surface area contributed by atoms with E-state index in [0.717, 1.165) is 18.2 Å². The molecule has 0 amide bonds. The molecule has 0 heterocycles. The highest BCUT2D eigenvalue weighted by Gasteiger charge is 2.43. The number of rotatable bonds is 5. The highest BCUT2D eigenvalue weighted by atomic mass is 19.2. The number of fused-ring (bicyclic) bond motifs is 4. The molecule has 0 aromatic heterocycles. The molecule has 0 radical (unpaired) electrons. The van der Waals surface area contributed by atoms with Gasteiger partial charge >= 0.3 is 7.12 Å². The summed E-state index contributed by atoms with van der Waals surface area (Å²) in [5.41, 5.74) is -3.25. The Morgan fingerprint density at radius 3 is 1.80 bits per heavy atom. The van der Waals surface area contributed by atoms with Crippen molar-refractivity contribution in [3.05, 3.63) is 123 Å². The lowest BCUT2D eigenvalue weighted by molar-refractivity contribution is 0.334. The van der Waals surface area contributed by atoms with Gasteiger partial charge in [0.2, 0.25) is 29.1 Å². The van der Waals surface area contributed by atoms with Crippen LogP contribution < -0.4 is 14.8 Å². The molecular weight excluding hydrogens is 619 g/mol. The molecule has 0 saturated carbocycles. The van der Waals surface area contributed by atoms with Gasteiger partial charge in [0, 0.05) is 16.5 Å². The fraction of sp³-hybridized carbons (Fsp3) is 0.0345. The number of halogens is 12. The maximum atomic E-state index is 15.6. The molecule has 0 atom stereocenters. The second kappa shape index (κ2) is 10.4. The van der Waals surface area contributed by atoms with Crippen molar-refractivity contribution in [2.24, 2.45) is 0 Å². The van der Waals surface area contributed by atoms with Crippen LogP contribution in [-0.2, 0) is 6.42 Å². The topological polar surface area (TPSA) is 18.5 Å². The maximum absolute atomic E-state index is 15.6. The molecular formula is C29H9BF12O2. The predicted molar refractivity (Wildman–Crippen MR) is 131 cm³/mol. The largest absolute Gasteiger partial charge is 0.636 e. The van der Waals surface area contributed by atoms with Crippen LogP contribution in [0.25, 0.3) is 21.9 Å². The summed E-state index contributed by atoms with van der Waals surface area (Å²) in [6.07, 6.45) is -0.573. The van der Waals surface area contributed by atoms with E-state index >= 15 is 13.2 Å². The van der Waals surface area contributed by atoms with Crippen LogP contribution in [0.5, 0.6) is 11.5 Å². The van der Waals surface area contributed by atoms with E-state index < -0.39 is 128 Å². The van der Waals surface area contributed by atoms with Crippen molar-refractivity contribution >= 4 is 23.4 Å². The van der Waals surface area contributed by atoms with Gasteiger partial charge in [0.15, 0.2) is 34.8 Å². The SMILES string of the molecule is Fc1cccc2c1-c1c(F)c(F)c(F)c(B(Oc3c(F)c(F)c(F)c(F)c3F)Oc3ccc(F)c4c(F)c(F)ccc34)c1C2. The van der Waals surface area contributed by atoms with E-state index in [1.165, 1.54) is 12.1 Å². The summed E-state index contributed by atoms with van der Waals surface area (Å²) >= 11 is 0. The predicted octanol–water partition coefficient (Wildman–Crippen LogP) is 7.93. The van der Waals surface area contributed by atoms with Crippen LogP contribution in [0.4, 0.5) is 52.7 Å². The molecule has 15 heteroatoms. The summed E-state index contributed by atoms with van der Waals surface area (Å²) < 4.78 is 185. The highest BCUT2D eigenvalue weighted by Crippen LogP contribution is 2.42. The van der Waals surface area contributed by atoms with Gasteiger partial charge < -0.3 is 9.31 Å². The summed E-state index contributed by atoms with van der Waals surface area (Å²) in [6, 6.07) is 5.82. The Kier molecular flexibility index (Phi) is 6.93. The molecule has 1 aliphatic rings. The average molecular weight is 628 g/mol. The van der Waals surface area contributed by atoms with Crippen LogP contribution >= 0.6 is 0 Å². The zero-order valence-electron chi connectivity index (χ0n) is 21.2. The lowest BCUT2D eigenvalue weighted by atomic mass is 9.73. The first-order valence-electron chi connectivity index (χ1n) is 12.2. The molecule has 0 spiro atoms. The third kappa shape index (κ3) is 4.24. The monoisotopic (exact) mass is 628 g/mol. The van der Waals surface area contributed by atoms with Gasteiger partial charge in [0.1, 0.15) is 17.4 Å². The first-order valence-corrected chi connectivity index (χ1v) is 12.2. The van der Waals surface area contributed by atoms with Crippen LogP contribution in [0.1, 0.15) is 11.1 Å². The van der Waals surface area contributed by atoms with Gasteiger partial charge in [0.25, 0.3) is 0 Å². The maximum Gasteiger partial charge on any atom is 0.636 e. The second-order valence-electron chi connectivity index (χ2n) is 9.46. The van der Waals surface area contributed by atoms with Gasteiger partial charge in [-0.15, -0.1) is 0 Å². The van der Waals surface area contributed by atoms with Gasteiger partial charge in [-0.25, -0.2) is 43.9 Å². The van der Waals surface area contributed by atoms with Crippen molar-refractivity contribution < 1.29 is 62.0 Å². The first-order chi connectivity index (χ1) is 20.8. The zero-order chi connectivity index (χ0) is 31.8. The Morgan fingerprint density at radius 1 is 0.500 bits per heavy atom. The van der Waals surface area contributed by atoms with E-state index in [4.69, 9.17) is 9.31 Å². The van der Waals surface area contributed by atoms with Crippen LogP contribution in [-0.4, -0.2) is 7.12 Å². The molecule has 44 heavy (non-hydrogen) atoms. The molecule has 0 bridgehead atoms. The quantitative estimate of drug-likeness (QED) is 0.0836. The first kappa shape index (κ1) is 29.3. The molecule has 0 aliphatic heterocycles. The summed E-state index contributed by atoms with van der Waals surface area (Å²) in [7, 11) is -2.80. The molecule has 224 valence electrons. The van der Waals surface area contributed by atoms with E-state index in [0.29, 0.717) is 12.1 Å². The van der Waals surface area contributed by atoms with E-state index in [1.54, 1.807) is 0 Å². The average Bonchev–Trinajstić information content (AvgIpc) is 3.39. The van der Waals surface area contributed by atoms with E-state index in [2.05, 4.69) is 0 Å². The van der Waals surface area contributed by atoms with Crippen LogP contribution in [0.2, 0.25) is 0 Å². The summed E-state index contributed by atoms with van der Waals surface area (Å²) in [6.45, 7) is 0. The standard InChI is InChI=1S/C29H9BF12O2/c31-12-3-1-2-9-8-11-18(16(9)12)21(35)23(37)22(36)19(11)30(44-29-27(41)25(39)24(38)26(40)28(29)42)43-15-7-6-13(32)17-10(15)4-5-14(33)20(17)34/h1-7H,8H2. The van der Waals surface area contributed by atoms with Crippen molar-refractivity contribution in [2.75, 3.05) is 0 Å². The van der Waals surface area contributed by atoms with E-state index in [9.17, 15) is 39.5 Å². The Hall–Kier alpha value is -4.82. The number of hydrogen-bond acceptors (Lipinski definition) is 2. The lowest BCUT2D eigenvalue weighted by Crippen LogP contribution is -2.47. The summed E-state index contributed by atoms with van der Waals surface area (Å²) in [5, 5.41) is -1.65. The van der Waals surface area contributed by atoms with Crippen molar-refractivity contribution in [3.8, 4) is 22.6 Å². The van der Waals surface area contributed by atoms with Crippen molar-refractivity contribution in [1.29, 1.82) is 0 Å². The third-order valence-corrected chi connectivity index (χ3v) is 7.03. The van der Waals surface area contributed by atoms with Crippen molar-refractivity contribution in [2.45, 2.75) is 6.42 Å². The smallest absolute Gasteiger partial charge is 0.521 e. The summed E-state index contributed by atoms with van der Waals surface area (Å²) in [4.78, 5) is 0. The number of benzene rings is 5. The van der Waals surface area contributed by atoms with Gasteiger partial charge in [-0.2, -0.15) is 8.78 Å². The highest BCUT2D eigenvalue weighted by molar-refractivity contribution is 6.63. The lowest BCUT2D eigenvalue weighted by Gasteiger charge is -2.22. The second-order valence-corrected chi connectivity index (χ2v) is 9.46. The molecule has 2 nitrogen and oxygen atoms in total. The van der Waals surface area contributed by atoms with Crippen molar-refractivity contribution in [3.63, 3.8) is 0 Å². The zero-order valence-corrected chi connectivity index (χ0v) is 21.2. The molecule has 0 fully saturated rings. The fourth-order valence-electron chi connectivity index (χ4n) is 5.07. The van der Waals surface area contributed by atoms with Gasteiger partial charge in [-0.3, -0.25) is 0 Å². The Balaban J connectivity index is 1.63. The molecule has 0 unspecified atom stereocenters. The Morgan fingerprint density at radius 2 is 1.11 bits per heavy atom. The van der Waals surface area contributed by atoms with E-state index in [1.807, 2.05) is 0 Å². The normalized spacial score (nSPS) is 12.0. The minimum absolute atomic E-state index is 0.0232. The third-order valence-electron chi connectivity index (χ3n) is 7.03. The molecule has 1 aliphatic carbocycles. The minimum atomic E-state index is -2.80. The molecule has 5 aromatic carbocycles. The summed E-state index contributed by atoms with van der Waals surface area (Å²) in [5.74, 6) is -27.5. The van der Waals surface area contributed by atoms with Crippen LogP contribution in [0, 0.1) is 69.8 Å². The molecule has 5 aromatic rings. The van der Waals surface area contributed by atoms with Gasteiger partial charge in [0.05, 0.1) is 10.8 Å². The number of hydrogen-bond donors (Lipinski definition) is 0. The Bertz CT molecular complexity index is 2020. The Labute approximate surface area is 238 Å². The van der Waals surface area contributed by atoms with Gasteiger partial charge in [-0.05, 0) is 47.9 Å². The van der Waals surface area contributed by atoms with E-state index in [-0.39, 0.29) is 5.56 Å². The van der Waals surface area contributed by atoms with Crippen LogP contribution in [0.3, 0.4) is 0 Å².